The van der Waals surface area contributed by atoms with Crippen LogP contribution in [0.5, 0.6) is 5.75 Å². The summed E-state index contributed by atoms with van der Waals surface area (Å²) in [5, 5.41) is 20.4. The molecule has 0 bridgehead atoms. The highest BCUT2D eigenvalue weighted by Crippen LogP contribution is 2.38. The van der Waals surface area contributed by atoms with E-state index in [9.17, 15) is 24.1 Å². The lowest BCUT2D eigenvalue weighted by Gasteiger charge is -2.15. The second-order valence-corrected chi connectivity index (χ2v) is 6.26. The predicted octanol–water partition coefficient (Wildman–Crippen LogP) is 3.83. The van der Waals surface area contributed by atoms with E-state index in [4.69, 9.17) is 15.6 Å². The van der Waals surface area contributed by atoms with E-state index in [0.717, 1.165) is 6.07 Å². The number of carboxylic acids is 1. The number of esters is 1. The summed E-state index contributed by atoms with van der Waals surface area (Å²) in [5.41, 5.74) is 5.82. The molecule has 2 aromatic carbocycles. The Kier molecular flexibility index (Phi) is 6.29. The monoisotopic (exact) mass is 390 g/mol. The van der Waals surface area contributed by atoms with Gasteiger partial charge in [0.25, 0.3) is 5.69 Å². The van der Waals surface area contributed by atoms with Gasteiger partial charge in [-0.05, 0) is 29.7 Å². The molecule has 0 spiro atoms. The fourth-order valence-corrected chi connectivity index (χ4v) is 2.45. The number of benzene rings is 2. The molecule has 0 heterocycles. The average Bonchev–Trinajstić information content (AvgIpc) is 2.67. The number of rotatable bonds is 7. The number of nitrogen functional groups attached to an aromatic ring is 1. The SMILES string of the molecule is CC[C@H](C)[C@H](F)C(=O)Oc1cc([N+](=O)[O-])c(-c2ccc(C(=O)O)cc2)cc1N. The van der Waals surface area contributed by atoms with Crippen LogP contribution in [0.3, 0.4) is 0 Å². The van der Waals surface area contributed by atoms with Crippen LogP contribution >= 0.6 is 0 Å². The van der Waals surface area contributed by atoms with E-state index in [1.807, 2.05) is 0 Å². The molecule has 0 unspecified atom stereocenters. The molecule has 0 aliphatic rings. The van der Waals surface area contributed by atoms with Crippen LogP contribution in [0.1, 0.15) is 30.6 Å². The van der Waals surface area contributed by atoms with Gasteiger partial charge < -0.3 is 15.6 Å². The number of carbonyl (C=O) groups excluding carboxylic acids is 1. The molecule has 148 valence electrons. The van der Waals surface area contributed by atoms with Crippen LogP contribution in [0, 0.1) is 16.0 Å². The first-order valence-electron chi connectivity index (χ1n) is 8.43. The van der Waals surface area contributed by atoms with Gasteiger partial charge in [0.2, 0.25) is 0 Å². The first kappa shape index (κ1) is 20.8. The number of anilines is 1. The highest BCUT2D eigenvalue weighted by Gasteiger charge is 2.27. The summed E-state index contributed by atoms with van der Waals surface area (Å²) in [6, 6.07) is 7.58. The third-order valence-electron chi connectivity index (χ3n) is 4.35. The van der Waals surface area contributed by atoms with Gasteiger partial charge in [0.1, 0.15) is 0 Å². The first-order valence-corrected chi connectivity index (χ1v) is 8.43. The number of halogens is 1. The van der Waals surface area contributed by atoms with E-state index < -0.39 is 34.6 Å². The number of nitro groups is 1. The number of nitrogens with two attached hydrogens (primary N) is 1. The number of nitro benzene ring substituents is 1. The van der Waals surface area contributed by atoms with E-state index in [2.05, 4.69) is 0 Å². The maximum Gasteiger partial charge on any atom is 0.346 e. The topological polar surface area (TPSA) is 133 Å². The highest BCUT2D eigenvalue weighted by molar-refractivity contribution is 5.89. The smallest absolute Gasteiger partial charge is 0.346 e. The molecular formula is C19H19FN2O6. The Balaban J connectivity index is 2.42. The average molecular weight is 390 g/mol. The lowest BCUT2D eigenvalue weighted by molar-refractivity contribution is -0.384. The van der Waals surface area contributed by atoms with Gasteiger partial charge in [-0.15, -0.1) is 0 Å². The van der Waals surface area contributed by atoms with Crippen LogP contribution in [0.25, 0.3) is 11.1 Å². The Morgan fingerprint density at radius 2 is 1.89 bits per heavy atom. The molecule has 2 atom stereocenters. The molecule has 0 aliphatic heterocycles. The summed E-state index contributed by atoms with van der Waals surface area (Å²) in [6.45, 7) is 3.26. The predicted molar refractivity (Wildman–Crippen MR) is 99.9 cm³/mol. The van der Waals surface area contributed by atoms with Crippen LogP contribution in [-0.4, -0.2) is 28.1 Å². The number of aromatic carboxylic acids is 1. The molecule has 9 heteroatoms. The molecule has 0 amide bonds. The number of hydrogen-bond acceptors (Lipinski definition) is 6. The summed E-state index contributed by atoms with van der Waals surface area (Å²) in [5.74, 6) is -3.19. The van der Waals surface area contributed by atoms with E-state index >= 15 is 0 Å². The number of nitrogens with zero attached hydrogens (tertiary/aromatic N) is 1. The minimum Gasteiger partial charge on any atom is -0.478 e. The molecule has 0 radical (unpaired) electrons. The molecule has 0 saturated carbocycles. The zero-order valence-corrected chi connectivity index (χ0v) is 15.2. The van der Waals surface area contributed by atoms with Crippen molar-refractivity contribution < 1.29 is 28.7 Å². The van der Waals surface area contributed by atoms with Crippen molar-refractivity contribution in [2.24, 2.45) is 5.92 Å². The molecule has 0 aliphatic carbocycles. The lowest BCUT2D eigenvalue weighted by atomic mass is 10.0. The van der Waals surface area contributed by atoms with E-state index in [-0.39, 0.29) is 22.6 Å². The van der Waals surface area contributed by atoms with E-state index in [1.54, 1.807) is 13.8 Å². The second-order valence-electron chi connectivity index (χ2n) is 6.26. The third kappa shape index (κ3) is 4.43. The number of carboxylic acid groups (broad SMARTS) is 1. The molecule has 3 N–H and O–H groups in total. The zero-order chi connectivity index (χ0) is 21.0. The van der Waals surface area contributed by atoms with Crippen molar-refractivity contribution >= 4 is 23.3 Å². The lowest BCUT2D eigenvalue weighted by Crippen LogP contribution is -2.28. The van der Waals surface area contributed by atoms with Gasteiger partial charge in [0, 0.05) is 0 Å². The molecule has 8 nitrogen and oxygen atoms in total. The van der Waals surface area contributed by atoms with Gasteiger partial charge in [-0.3, -0.25) is 10.1 Å². The Labute approximate surface area is 159 Å². The quantitative estimate of drug-likeness (QED) is 0.241. The zero-order valence-electron chi connectivity index (χ0n) is 15.2. The minimum absolute atomic E-state index is 0.0176. The highest BCUT2D eigenvalue weighted by atomic mass is 19.1. The minimum atomic E-state index is -1.88. The van der Waals surface area contributed by atoms with Crippen LogP contribution in [0.15, 0.2) is 36.4 Å². The third-order valence-corrected chi connectivity index (χ3v) is 4.35. The van der Waals surface area contributed by atoms with Crippen molar-refractivity contribution in [1.29, 1.82) is 0 Å². The molecule has 0 saturated heterocycles. The normalized spacial score (nSPS) is 12.8. The van der Waals surface area contributed by atoms with Crippen LogP contribution in [0.4, 0.5) is 15.8 Å². The van der Waals surface area contributed by atoms with Crippen molar-refractivity contribution in [2.75, 3.05) is 5.73 Å². The second kappa shape index (κ2) is 8.47. The van der Waals surface area contributed by atoms with Crippen molar-refractivity contribution in [3.8, 4) is 16.9 Å². The van der Waals surface area contributed by atoms with Crippen molar-refractivity contribution in [1.82, 2.24) is 0 Å². The van der Waals surface area contributed by atoms with E-state index in [0.29, 0.717) is 12.0 Å². The summed E-state index contributed by atoms with van der Waals surface area (Å²) >= 11 is 0. The van der Waals surface area contributed by atoms with Crippen molar-refractivity contribution in [3.05, 3.63) is 52.1 Å². The first-order chi connectivity index (χ1) is 13.1. The standard InChI is InChI=1S/C19H19FN2O6/c1-3-10(2)17(20)19(25)28-16-9-15(22(26)27)13(8-14(16)21)11-4-6-12(7-5-11)18(23)24/h4-10,17H,3,21H2,1-2H3,(H,23,24)/t10-,17-/m0/s1. The summed E-state index contributed by atoms with van der Waals surface area (Å²) < 4.78 is 19.0. The summed E-state index contributed by atoms with van der Waals surface area (Å²) in [7, 11) is 0. The largest absolute Gasteiger partial charge is 0.478 e. The van der Waals surface area contributed by atoms with E-state index in [1.165, 1.54) is 30.3 Å². The van der Waals surface area contributed by atoms with Crippen LogP contribution in [0.2, 0.25) is 0 Å². The van der Waals surface area contributed by atoms with Crippen LogP contribution < -0.4 is 10.5 Å². The van der Waals surface area contributed by atoms with Gasteiger partial charge in [0.05, 0.1) is 27.8 Å². The Hall–Kier alpha value is -3.49. The van der Waals surface area contributed by atoms with Gasteiger partial charge in [-0.2, -0.15) is 0 Å². The molecule has 0 aromatic heterocycles. The fraction of sp³-hybridized carbons (Fsp3) is 0.263. The molecule has 0 fully saturated rings. The van der Waals surface area contributed by atoms with Crippen molar-refractivity contribution in [3.63, 3.8) is 0 Å². The van der Waals surface area contributed by atoms with Gasteiger partial charge >= 0.3 is 11.9 Å². The van der Waals surface area contributed by atoms with Crippen molar-refractivity contribution in [2.45, 2.75) is 26.4 Å². The summed E-state index contributed by atoms with van der Waals surface area (Å²) in [6.07, 6.45) is -1.47. The molecule has 2 aromatic rings. The number of alkyl halides is 1. The number of carbonyl (C=O) groups is 2. The fourth-order valence-electron chi connectivity index (χ4n) is 2.45. The molecule has 28 heavy (non-hydrogen) atoms. The maximum absolute atomic E-state index is 14.0. The van der Waals surface area contributed by atoms with Crippen LogP contribution in [-0.2, 0) is 4.79 Å². The van der Waals surface area contributed by atoms with Gasteiger partial charge in [0.15, 0.2) is 11.9 Å². The molecular weight excluding hydrogens is 371 g/mol. The van der Waals surface area contributed by atoms with Gasteiger partial charge in [-0.25, -0.2) is 14.0 Å². The number of hydrogen-bond donors (Lipinski definition) is 2. The summed E-state index contributed by atoms with van der Waals surface area (Å²) in [4.78, 5) is 33.6. The molecule has 2 rings (SSSR count). The maximum atomic E-state index is 14.0. The Bertz CT molecular complexity index is 913. The number of ether oxygens (including phenoxy) is 1. The Morgan fingerprint density at radius 3 is 2.39 bits per heavy atom. The Morgan fingerprint density at radius 1 is 1.29 bits per heavy atom. The van der Waals surface area contributed by atoms with Gasteiger partial charge in [-0.1, -0.05) is 32.4 Å².